The molecule has 1 aliphatic rings. The minimum atomic E-state index is -3.82. The van der Waals surface area contributed by atoms with Crippen LogP contribution < -0.4 is 10.2 Å². The lowest BCUT2D eigenvalue weighted by Gasteiger charge is -2.42. The molecule has 0 radical (unpaired) electrons. The highest BCUT2D eigenvalue weighted by atomic mass is 35.5. The van der Waals surface area contributed by atoms with Crippen molar-refractivity contribution in [2.45, 2.75) is 37.3 Å². The maximum atomic E-state index is 13.3. The van der Waals surface area contributed by atoms with Crippen LogP contribution >= 0.6 is 11.6 Å². The molecule has 0 fully saturated rings. The van der Waals surface area contributed by atoms with Crippen LogP contribution in [0, 0.1) is 0 Å². The molecule has 33 heavy (non-hydrogen) atoms. The molecule has 2 aromatic carbocycles. The normalized spacial score (nSPS) is 16.1. The summed E-state index contributed by atoms with van der Waals surface area (Å²) in [6.07, 6.45) is -1.29. The molecule has 0 bridgehead atoms. The molecule has 0 unspecified atom stereocenters. The minimum Gasteiger partial charge on any atom is -0.449 e. The molecular weight excluding hydrogens is 470 g/mol. The second kappa shape index (κ2) is 8.77. The molecule has 2 aromatic rings. The summed E-state index contributed by atoms with van der Waals surface area (Å²) in [7, 11) is -1.10. The number of amides is 2. The van der Waals surface area contributed by atoms with Gasteiger partial charge in [0, 0.05) is 14.1 Å². The summed E-state index contributed by atoms with van der Waals surface area (Å²) in [5, 5.41) is 2.73. The Balaban J connectivity index is 1.91. The summed E-state index contributed by atoms with van der Waals surface area (Å²) in [6.45, 7) is 4.54. The Labute approximate surface area is 197 Å². The molecule has 0 aliphatic carbocycles. The lowest BCUT2D eigenvalue weighted by Crippen LogP contribution is -2.60. The van der Waals surface area contributed by atoms with Crippen LogP contribution in [-0.4, -0.2) is 56.2 Å². The molecule has 1 aliphatic heterocycles. The first-order chi connectivity index (χ1) is 15.3. The highest BCUT2D eigenvalue weighted by Gasteiger charge is 2.45. The molecule has 9 nitrogen and oxygen atoms in total. The van der Waals surface area contributed by atoms with Gasteiger partial charge in [-0.15, -0.1) is 0 Å². The van der Waals surface area contributed by atoms with Crippen molar-refractivity contribution < 1.29 is 27.5 Å². The first kappa shape index (κ1) is 24.7. The Hall–Kier alpha value is -2.95. The molecule has 0 spiro atoms. The molecular formula is C22H24ClN3O6S. The Morgan fingerprint density at radius 2 is 1.79 bits per heavy atom. The number of benzene rings is 2. The van der Waals surface area contributed by atoms with E-state index in [1.54, 1.807) is 38.1 Å². The molecule has 1 heterocycles. The van der Waals surface area contributed by atoms with Crippen molar-refractivity contribution in [3.63, 3.8) is 0 Å². The van der Waals surface area contributed by atoms with E-state index in [1.807, 2.05) is 0 Å². The van der Waals surface area contributed by atoms with Gasteiger partial charge in [-0.1, -0.05) is 23.7 Å². The van der Waals surface area contributed by atoms with Crippen LogP contribution in [0.3, 0.4) is 0 Å². The standard InChI is InChI=1S/C22H24ClN3O6S/c1-13(19(27)26-18-9-7-6-8-17(18)24-21(29)22(26,2)3)32-20(28)15-12-14(10-11-16(15)23)33(30,31)25(4)5/h6-13H,1-5H3,(H,24,29)/t13-/m1/s1. The second-order valence-electron chi connectivity index (χ2n) is 8.18. The van der Waals surface area contributed by atoms with E-state index in [1.165, 1.54) is 38.1 Å². The number of para-hydroxylation sites is 2. The van der Waals surface area contributed by atoms with Crippen molar-refractivity contribution in [1.29, 1.82) is 0 Å². The SMILES string of the molecule is C[C@@H](OC(=O)c1cc(S(=O)(=O)N(C)C)ccc1Cl)C(=O)N1c2ccccc2NC(=O)C1(C)C. The predicted molar refractivity (Wildman–Crippen MR) is 124 cm³/mol. The van der Waals surface area contributed by atoms with Crippen LogP contribution in [0.15, 0.2) is 47.4 Å². The maximum absolute atomic E-state index is 13.3. The Morgan fingerprint density at radius 3 is 2.42 bits per heavy atom. The number of nitrogens with zero attached hydrogens (tertiary/aromatic N) is 2. The summed E-state index contributed by atoms with van der Waals surface area (Å²) in [5.74, 6) is -1.98. The smallest absolute Gasteiger partial charge is 0.340 e. The van der Waals surface area contributed by atoms with Crippen molar-refractivity contribution in [3.8, 4) is 0 Å². The number of halogens is 1. The lowest BCUT2D eigenvalue weighted by molar-refractivity contribution is -0.131. The Morgan fingerprint density at radius 1 is 1.15 bits per heavy atom. The molecule has 0 aromatic heterocycles. The zero-order valence-electron chi connectivity index (χ0n) is 18.7. The average molecular weight is 494 g/mol. The third-order valence-corrected chi connectivity index (χ3v) is 7.44. The Kier molecular flexibility index (Phi) is 6.56. The fraction of sp³-hybridized carbons (Fsp3) is 0.318. The van der Waals surface area contributed by atoms with E-state index >= 15 is 0 Å². The van der Waals surface area contributed by atoms with E-state index in [4.69, 9.17) is 16.3 Å². The highest BCUT2D eigenvalue weighted by molar-refractivity contribution is 7.89. The van der Waals surface area contributed by atoms with Gasteiger partial charge in [0.05, 0.1) is 26.9 Å². The van der Waals surface area contributed by atoms with Crippen LogP contribution in [0.1, 0.15) is 31.1 Å². The zero-order valence-corrected chi connectivity index (χ0v) is 20.3. The van der Waals surface area contributed by atoms with Gasteiger partial charge in [-0.25, -0.2) is 17.5 Å². The zero-order chi connectivity index (χ0) is 24.7. The third-order valence-electron chi connectivity index (χ3n) is 5.30. The summed E-state index contributed by atoms with van der Waals surface area (Å²) in [5.41, 5.74) is -0.524. The number of esters is 1. The summed E-state index contributed by atoms with van der Waals surface area (Å²) < 4.78 is 31.2. The quantitative estimate of drug-likeness (QED) is 0.641. The number of carbonyl (C=O) groups excluding carboxylic acids is 3. The summed E-state index contributed by atoms with van der Waals surface area (Å²) in [4.78, 5) is 39.9. The third kappa shape index (κ3) is 4.46. The predicted octanol–water partition coefficient (Wildman–Crippen LogP) is 2.90. The minimum absolute atomic E-state index is 0.0274. The van der Waals surface area contributed by atoms with Crippen LogP contribution in [0.4, 0.5) is 11.4 Å². The van der Waals surface area contributed by atoms with E-state index in [9.17, 15) is 22.8 Å². The number of ether oxygens (including phenoxy) is 1. The van der Waals surface area contributed by atoms with E-state index in [-0.39, 0.29) is 15.5 Å². The van der Waals surface area contributed by atoms with Gasteiger partial charge in [-0.05, 0) is 51.1 Å². The monoisotopic (exact) mass is 493 g/mol. The van der Waals surface area contributed by atoms with Gasteiger partial charge in [-0.3, -0.25) is 14.5 Å². The largest absolute Gasteiger partial charge is 0.449 e. The van der Waals surface area contributed by atoms with Crippen LogP contribution in [0.25, 0.3) is 0 Å². The van der Waals surface area contributed by atoms with Crippen molar-refractivity contribution in [3.05, 3.63) is 53.1 Å². The fourth-order valence-corrected chi connectivity index (χ4v) is 4.46. The van der Waals surface area contributed by atoms with Crippen molar-refractivity contribution in [2.24, 2.45) is 0 Å². The van der Waals surface area contributed by atoms with E-state index < -0.39 is 39.4 Å². The van der Waals surface area contributed by atoms with Crippen molar-refractivity contribution in [1.82, 2.24) is 4.31 Å². The number of rotatable bonds is 5. The van der Waals surface area contributed by atoms with Gasteiger partial charge < -0.3 is 10.1 Å². The van der Waals surface area contributed by atoms with Crippen LogP contribution in [-0.2, 0) is 24.3 Å². The molecule has 2 amide bonds. The number of carbonyl (C=O) groups is 3. The first-order valence-electron chi connectivity index (χ1n) is 9.96. The number of sulfonamides is 1. The van der Waals surface area contributed by atoms with Gasteiger partial charge in [0.1, 0.15) is 5.54 Å². The molecule has 1 atom stereocenters. The molecule has 1 N–H and O–H groups in total. The number of hydrogen-bond acceptors (Lipinski definition) is 6. The number of anilines is 2. The molecule has 3 rings (SSSR count). The van der Waals surface area contributed by atoms with Gasteiger partial charge >= 0.3 is 5.97 Å². The van der Waals surface area contributed by atoms with Gasteiger partial charge in [0.15, 0.2) is 6.10 Å². The van der Waals surface area contributed by atoms with Crippen molar-refractivity contribution in [2.75, 3.05) is 24.3 Å². The molecule has 176 valence electrons. The van der Waals surface area contributed by atoms with E-state index in [2.05, 4.69) is 5.32 Å². The average Bonchev–Trinajstić information content (AvgIpc) is 2.74. The number of fused-ring (bicyclic) bond motifs is 1. The van der Waals surface area contributed by atoms with Gasteiger partial charge in [0.25, 0.3) is 5.91 Å². The lowest BCUT2D eigenvalue weighted by atomic mass is 9.95. The molecule has 0 saturated heterocycles. The number of hydrogen-bond donors (Lipinski definition) is 1. The molecule has 11 heteroatoms. The second-order valence-corrected chi connectivity index (χ2v) is 10.7. The van der Waals surface area contributed by atoms with Gasteiger partial charge in [-0.2, -0.15) is 0 Å². The maximum Gasteiger partial charge on any atom is 0.340 e. The van der Waals surface area contributed by atoms with Crippen LogP contribution in [0.2, 0.25) is 5.02 Å². The Bertz CT molecular complexity index is 1240. The highest BCUT2D eigenvalue weighted by Crippen LogP contribution is 2.37. The number of nitrogens with one attached hydrogen (secondary N) is 1. The van der Waals surface area contributed by atoms with Gasteiger partial charge in [0.2, 0.25) is 15.9 Å². The summed E-state index contributed by atoms with van der Waals surface area (Å²) in [6, 6.07) is 10.4. The van der Waals surface area contributed by atoms with Crippen LogP contribution in [0.5, 0.6) is 0 Å². The van der Waals surface area contributed by atoms with E-state index in [0.29, 0.717) is 11.4 Å². The van der Waals surface area contributed by atoms with E-state index in [0.717, 1.165) is 10.4 Å². The first-order valence-corrected chi connectivity index (χ1v) is 11.8. The summed E-state index contributed by atoms with van der Waals surface area (Å²) >= 11 is 6.11. The fourth-order valence-electron chi connectivity index (χ4n) is 3.33. The topological polar surface area (TPSA) is 113 Å². The van der Waals surface area contributed by atoms with Crippen molar-refractivity contribution >= 4 is 50.8 Å². The molecule has 0 saturated carbocycles.